The van der Waals surface area contributed by atoms with Crippen LogP contribution in [0.5, 0.6) is 0 Å². The largest absolute Gasteiger partial charge is 0.463 e. The average Bonchev–Trinajstić information content (AvgIpc) is 3.05. The molecule has 0 amide bonds. The number of rotatable bonds is 6. The van der Waals surface area contributed by atoms with Gasteiger partial charge in [0.05, 0.1) is 0 Å². The van der Waals surface area contributed by atoms with Crippen LogP contribution in [0.25, 0.3) is 0 Å². The molecule has 0 aromatic carbocycles. The fourth-order valence-corrected chi connectivity index (χ4v) is 8.16. The van der Waals surface area contributed by atoms with Crippen molar-refractivity contribution in [1.29, 1.82) is 0 Å². The molecule has 0 N–H and O–H groups in total. The molecule has 174 valence electrons. The summed E-state index contributed by atoms with van der Waals surface area (Å²) < 4.78 is 5.62. The number of ether oxygens (including phenoxy) is 1. The lowest BCUT2D eigenvalue weighted by Crippen LogP contribution is -2.48. The first-order valence-electron chi connectivity index (χ1n) is 13.2. The summed E-state index contributed by atoms with van der Waals surface area (Å²) in [4.78, 5) is 11.5. The van der Waals surface area contributed by atoms with Gasteiger partial charge < -0.3 is 4.74 Å². The molecule has 0 saturated heterocycles. The molecular weight excluding hydrogens is 380 g/mol. The van der Waals surface area contributed by atoms with Crippen LogP contribution in [0.15, 0.2) is 23.3 Å². The van der Waals surface area contributed by atoms with Gasteiger partial charge in [-0.3, -0.25) is 4.79 Å². The van der Waals surface area contributed by atoms with Gasteiger partial charge in [0.2, 0.25) is 0 Å². The molecule has 0 aromatic rings. The molecule has 0 spiro atoms. The van der Waals surface area contributed by atoms with Crippen molar-refractivity contribution in [3.8, 4) is 0 Å². The number of fused-ring (bicyclic) bond motifs is 5. The molecule has 2 heteroatoms. The number of carbonyl (C=O) groups excluding carboxylic acids is 1. The Bertz CT molecular complexity index is 746. The second-order valence-corrected chi connectivity index (χ2v) is 12.4. The molecule has 2 fully saturated rings. The van der Waals surface area contributed by atoms with Gasteiger partial charge in [0.25, 0.3) is 0 Å². The molecule has 0 aromatic heterocycles. The number of esters is 1. The molecule has 4 rings (SSSR count). The van der Waals surface area contributed by atoms with Gasteiger partial charge in [-0.25, -0.2) is 0 Å². The molecular formula is C29H46O2. The van der Waals surface area contributed by atoms with Gasteiger partial charge >= 0.3 is 5.97 Å². The third-order valence-electron chi connectivity index (χ3n) is 10.0. The van der Waals surface area contributed by atoms with E-state index in [4.69, 9.17) is 4.74 Å². The Morgan fingerprint density at radius 1 is 1.10 bits per heavy atom. The van der Waals surface area contributed by atoms with Crippen molar-refractivity contribution in [3.63, 3.8) is 0 Å². The van der Waals surface area contributed by atoms with E-state index in [2.05, 4.69) is 46.8 Å². The van der Waals surface area contributed by atoms with E-state index in [1.807, 2.05) is 0 Å². The highest BCUT2D eigenvalue weighted by Gasteiger charge is 2.55. The van der Waals surface area contributed by atoms with Gasteiger partial charge in [0, 0.05) is 6.92 Å². The standard InChI is InChI=1S/C29H46O2/c1-19(2)8-7-9-20(3)25-12-13-26-24-11-10-22-18-23(31-21(4)30)14-16-28(22,5)27(24)15-17-29(25,26)6/h11,13,19-20,22-23,25,27H,7-10,12,14-18H2,1-6H3/t20-,22+,23?,25?,27?,28?,29?/m1/s1. The fraction of sp³-hybridized carbons (Fsp3) is 0.828. The van der Waals surface area contributed by atoms with E-state index in [1.165, 1.54) is 51.4 Å². The zero-order valence-electron chi connectivity index (χ0n) is 21.0. The van der Waals surface area contributed by atoms with E-state index >= 15 is 0 Å². The van der Waals surface area contributed by atoms with E-state index in [0.29, 0.717) is 22.7 Å². The van der Waals surface area contributed by atoms with Crippen molar-refractivity contribution in [3.05, 3.63) is 23.3 Å². The van der Waals surface area contributed by atoms with E-state index < -0.39 is 0 Å². The summed E-state index contributed by atoms with van der Waals surface area (Å²) >= 11 is 0. The fourth-order valence-electron chi connectivity index (χ4n) is 8.16. The first kappa shape index (κ1) is 23.1. The van der Waals surface area contributed by atoms with Crippen LogP contribution in [0.3, 0.4) is 0 Å². The SMILES string of the molecule is CC(=O)OC1CCC2(C)C3CCC4(C)C(=CCC4[C@H](C)CCCC(C)C)C3=CC[C@H]2C1. The van der Waals surface area contributed by atoms with Crippen LogP contribution in [-0.2, 0) is 9.53 Å². The van der Waals surface area contributed by atoms with Crippen LogP contribution in [-0.4, -0.2) is 12.1 Å². The first-order chi connectivity index (χ1) is 14.6. The molecule has 0 heterocycles. The van der Waals surface area contributed by atoms with Crippen molar-refractivity contribution in [2.24, 2.45) is 40.4 Å². The lowest BCUT2D eigenvalue weighted by Gasteiger charge is -2.56. The quantitative estimate of drug-likeness (QED) is 0.404. The molecule has 5 unspecified atom stereocenters. The van der Waals surface area contributed by atoms with Gasteiger partial charge in [-0.1, -0.05) is 66.0 Å². The van der Waals surface area contributed by atoms with Crippen LogP contribution in [0.4, 0.5) is 0 Å². The van der Waals surface area contributed by atoms with Crippen molar-refractivity contribution >= 4 is 5.97 Å². The Morgan fingerprint density at radius 2 is 1.87 bits per heavy atom. The summed E-state index contributed by atoms with van der Waals surface area (Å²) in [6, 6.07) is 0. The number of hydrogen-bond acceptors (Lipinski definition) is 2. The van der Waals surface area contributed by atoms with Gasteiger partial charge in [-0.05, 0) is 96.5 Å². The Labute approximate surface area is 191 Å². The van der Waals surface area contributed by atoms with E-state index in [1.54, 1.807) is 18.1 Å². The highest BCUT2D eigenvalue weighted by Crippen LogP contribution is 2.65. The van der Waals surface area contributed by atoms with Crippen molar-refractivity contribution in [2.75, 3.05) is 0 Å². The minimum atomic E-state index is -0.112. The van der Waals surface area contributed by atoms with Gasteiger partial charge in [0.1, 0.15) is 6.10 Å². The maximum absolute atomic E-state index is 11.5. The topological polar surface area (TPSA) is 26.3 Å². The maximum atomic E-state index is 11.5. The summed E-state index contributed by atoms with van der Waals surface area (Å²) in [5, 5.41) is 0. The normalized spacial score (nSPS) is 40.4. The molecule has 2 saturated carbocycles. The zero-order valence-corrected chi connectivity index (χ0v) is 21.0. The molecule has 0 radical (unpaired) electrons. The Kier molecular flexibility index (Phi) is 6.50. The van der Waals surface area contributed by atoms with Crippen molar-refractivity contribution < 1.29 is 9.53 Å². The van der Waals surface area contributed by atoms with E-state index in [0.717, 1.165) is 30.6 Å². The van der Waals surface area contributed by atoms with Crippen LogP contribution < -0.4 is 0 Å². The number of hydrogen-bond donors (Lipinski definition) is 0. The summed E-state index contributed by atoms with van der Waals surface area (Å²) in [6.45, 7) is 13.9. The summed E-state index contributed by atoms with van der Waals surface area (Å²) in [5.41, 5.74) is 4.21. The first-order valence-corrected chi connectivity index (χ1v) is 13.2. The highest BCUT2D eigenvalue weighted by atomic mass is 16.5. The number of allylic oxidation sites excluding steroid dienone is 4. The lowest BCUT2D eigenvalue weighted by molar-refractivity contribution is -0.151. The van der Waals surface area contributed by atoms with Gasteiger partial charge in [-0.2, -0.15) is 0 Å². The molecule has 7 atom stereocenters. The minimum Gasteiger partial charge on any atom is -0.463 e. The molecule has 4 aliphatic rings. The second-order valence-electron chi connectivity index (χ2n) is 12.4. The van der Waals surface area contributed by atoms with E-state index in [-0.39, 0.29) is 12.1 Å². The summed E-state index contributed by atoms with van der Waals surface area (Å²) in [5.74, 6) is 3.73. The monoisotopic (exact) mass is 426 g/mol. The predicted octanol–water partition coefficient (Wildman–Crippen LogP) is 7.88. The van der Waals surface area contributed by atoms with Gasteiger partial charge in [-0.15, -0.1) is 0 Å². The Balaban J connectivity index is 1.48. The zero-order chi connectivity index (χ0) is 22.4. The van der Waals surface area contributed by atoms with Crippen molar-refractivity contribution in [1.82, 2.24) is 0 Å². The third kappa shape index (κ3) is 4.18. The predicted molar refractivity (Wildman–Crippen MR) is 129 cm³/mol. The lowest BCUT2D eigenvalue weighted by atomic mass is 9.48. The number of carbonyl (C=O) groups is 1. The molecule has 4 aliphatic carbocycles. The smallest absolute Gasteiger partial charge is 0.302 e. The maximum Gasteiger partial charge on any atom is 0.302 e. The second kappa shape index (κ2) is 8.71. The Hall–Kier alpha value is -1.05. The molecule has 0 aliphatic heterocycles. The highest BCUT2D eigenvalue weighted by molar-refractivity contribution is 5.66. The van der Waals surface area contributed by atoms with Crippen LogP contribution >= 0.6 is 0 Å². The molecule has 31 heavy (non-hydrogen) atoms. The Morgan fingerprint density at radius 3 is 2.58 bits per heavy atom. The minimum absolute atomic E-state index is 0.112. The summed E-state index contributed by atoms with van der Waals surface area (Å²) in [6.07, 6.45) is 18.0. The molecule has 2 nitrogen and oxygen atoms in total. The average molecular weight is 427 g/mol. The third-order valence-corrected chi connectivity index (χ3v) is 10.0. The molecule has 0 bridgehead atoms. The van der Waals surface area contributed by atoms with E-state index in [9.17, 15) is 4.79 Å². The van der Waals surface area contributed by atoms with Gasteiger partial charge in [0.15, 0.2) is 0 Å². The summed E-state index contributed by atoms with van der Waals surface area (Å²) in [7, 11) is 0. The van der Waals surface area contributed by atoms with Crippen LogP contribution in [0, 0.1) is 40.4 Å². The van der Waals surface area contributed by atoms with Crippen molar-refractivity contribution in [2.45, 2.75) is 112 Å². The van der Waals surface area contributed by atoms with Crippen LogP contribution in [0.1, 0.15) is 106 Å². The van der Waals surface area contributed by atoms with Crippen LogP contribution in [0.2, 0.25) is 0 Å².